The van der Waals surface area contributed by atoms with Gasteiger partial charge in [-0.25, -0.2) is 8.78 Å². The Kier molecular flexibility index (Phi) is 26.1. The number of aliphatic carboxylic acids is 1. The molecule has 8 atom stereocenters. The molecule has 4 aromatic rings. The summed E-state index contributed by atoms with van der Waals surface area (Å²) in [5.41, 5.74) is 8.99. The van der Waals surface area contributed by atoms with E-state index >= 15 is 0 Å². The Bertz CT molecular complexity index is 2770. The van der Waals surface area contributed by atoms with Crippen molar-refractivity contribution in [2.75, 3.05) is 33.7 Å². The van der Waals surface area contributed by atoms with Gasteiger partial charge < -0.3 is 46.1 Å². The summed E-state index contributed by atoms with van der Waals surface area (Å²) in [6.45, 7) is 8.37. The van der Waals surface area contributed by atoms with Crippen molar-refractivity contribution in [1.82, 2.24) is 25.8 Å². The van der Waals surface area contributed by atoms with E-state index < -0.39 is 47.8 Å². The van der Waals surface area contributed by atoms with Gasteiger partial charge in [-0.2, -0.15) is 0 Å². The smallest absolute Gasteiger partial charge is 0.307 e. The highest BCUT2D eigenvalue weighted by molar-refractivity contribution is 6.30. The number of hydrogen-bond acceptors (Lipinski definition) is 10. The number of rotatable bonds is 20. The molecule has 448 valence electrons. The molecule has 0 bridgehead atoms. The number of ether oxygens (including phenoxy) is 2. The third kappa shape index (κ3) is 20.3. The molecule has 19 heteroatoms. The van der Waals surface area contributed by atoms with Crippen LogP contribution in [0.2, 0.25) is 10.0 Å². The highest BCUT2D eigenvalue weighted by atomic mass is 35.5. The Hall–Kier alpha value is -6.14. The lowest BCUT2D eigenvalue weighted by molar-refractivity contribution is -0.145. The molecule has 2 fully saturated rings. The van der Waals surface area contributed by atoms with Gasteiger partial charge in [0.2, 0.25) is 23.6 Å². The maximum atomic E-state index is 14.1. The first-order valence-corrected chi connectivity index (χ1v) is 29.1. The highest BCUT2D eigenvalue weighted by Crippen LogP contribution is 2.41. The van der Waals surface area contributed by atoms with Crippen LogP contribution in [0.3, 0.4) is 0 Å². The lowest BCUT2D eigenvalue weighted by atomic mass is 9.91. The lowest BCUT2D eigenvalue weighted by Crippen LogP contribution is -2.57. The first kappa shape index (κ1) is 66.7. The van der Waals surface area contributed by atoms with E-state index in [0.29, 0.717) is 73.3 Å². The van der Waals surface area contributed by atoms with Gasteiger partial charge in [0.15, 0.2) is 5.78 Å². The van der Waals surface area contributed by atoms with E-state index in [1.54, 1.807) is 76.5 Å². The van der Waals surface area contributed by atoms with Crippen molar-refractivity contribution in [2.45, 2.75) is 155 Å². The number of benzene rings is 4. The number of carbonyl (C=O) groups excluding carboxylic acids is 5. The van der Waals surface area contributed by atoms with Crippen LogP contribution in [-0.4, -0.2) is 120 Å². The van der Waals surface area contributed by atoms with Gasteiger partial charge in [0.1, 0.15) is 41.3 Å². The number of ketones is 1. The molecule has 0 aromatic heterocycles. The molecule has 4 amide bonds. The van der Waals surface area contributed by atoms with Crippen LogP contribution in [0.5, 0.6) is 11.5 Å². The normalized spacial score (nSPS) is 20.5. The largest absolute Gasteiger partial charge is 0.490 e. The van der Waals surface area contributed by atoms with Crippen molar-refractivity contribution in [3.63, 3.8) is 0 Å². The number of nitrogens with one attached hydrogen (secondary N) is 3. The number of Topliss-reactive ketones (excluding diaryl/α,β-unsaturated/α-hetero) is 1. The second-order valence-electron chi connectivity index (χ2n) is 22.1. The highest BCUT2D eigenvalue weighted by Gasteiger charge is 2.41. The van der Waals surface area contributed by atoms with E-state index in [1.165, 1.54) is 34.1 Å². The number of carboxylic acid groups (broad SMARTS) is 1. The van der Waals surface area contributed by atoms with E-state index in [1.807, 2.05) is 26.0 Å². The van der Waals surface area contributed by atoms with Crippen LogP contribution in [0.15, 0.2) is 84.9 Å². The standard InChI is InChI=1S/C32H42ClFN2O5.C30H38ClFN4O4.CH4/c1-20(41-30-19-27(34)14-11-24(30)5-4-16-35)6-15-28(23-9-10-23)31(38)36(3)21(2)29(37)18-25(32(39)40)17-22-7-12-26(33)13-8-22;1-18-17-34-27(22-8-9-22)30(39)36(3)19(2)28(37)35-25(15-20-6-11-23(31)12-7-20)29(38)33-14-4-5-21-10-13-24(32)16-26(21)40-18;/h7-8,11-14,19-21,23,25,28H,4-6,9-10,15-18,35H2,1-3H3,(H,39,40);6-7,10-13,16,18-19,22,25,27,34H,4-5,8-9,14-15,17H2,1-3H3,(H,33,38)(H,35,37);1H4/t20-,21-,25+,28+;18-,19-,25-,27+;/m11./s1. The molecule has 7 rings (SSSR count). The van der Waals surface area contributed by atoms with Crippen LogP contribution in [-0.2, 0) is 54.5 Å². The van der Waals surface area contributed by atoms with Gasteiger partial charge in [-0.15, -0.1) is 0 Å². The fraction of sp³-hybridized carbons (Fsp3) is 0.524. The molecule has 3 aliphatic rings. The van der Waals surface area contributed by atoms with Crippen LogP contribution in [0.1, 0.15) is 115 Å². The molecule has 6 N–H and O–H groups in total. The first-order valence-electron chi connectivity index (χ1n) is 28.3. The summed E-state index contributed by atoms with van der Waals surface area (Å²) in [4.78, 5) is 81.5. The van der Waals surface area contributed by atoms with Gasteiger partial charge in [0, 0.05) is 68.1 Å². The van der Waals surface area contributed by atoms with Crippen LogP contribution >= 0.6 is 23.2 Å². The van der Waals surface area contributed by atoms with Crippen molar-refractivity contribution in [2.24, 2.45) is 29.4 Å². The number of aryl methyl sites for hydroxylation is 2. The molecule has 0 radical (unpaired) electrons. The molecule has 2 aliphatic carbocycles. The number of amides is 4. The van der Waals surface area contributed by atoms with E-state index in [9.17, 15) is 42.7 Å². The number of carbonyl (C=O) groups is 6. The average Bonchev–Trinajstić information content (AvgIpc) is 4.43. The zero-order chi connectivity index (χ0) is 58.9. The van der Waals surface area contributed by atoms with E-state index in [4.69, 9.17) is 38.4 Å². The molecule has 4 aromatic carbocycles. The number of fused-ring (bicyclic) bond motifs is 1. The van der Waals surface area contributed by atoms with Crippen LogP contribution in [0.4, 0.5) is 8.78 Å². The molecule has 1 aliphatic heterocycles. The molecular weight excluding hydrogens is 1090 g/mol. The molecule has 2 saturated carbocycles. The molecule has 82 heavy (non-hydrogen) atoms. The third-order valence-electron chi connectivity index (χ3n) is 15.5. The summed E-state index contributed by atoms with van der Waals surface area (Å²) >= 11 is 11.9. The second-order valence-corrected chi connectivity index (χ2v) is 22.9. The van der Waals surface area contributed by atoms with Gasteiger partial charge >= 0.3 is 5.97 Å². The Morgan fingerprint density at radius 1 is 0.878 bits per heavy atom. The van der Waals surface area contributed by atoms with Crippen LogP contribution in [0, 0.1) is 35.3 Å². The summed E-state index contributed by atoms with van der Waals surface area (Å²) in [6, 6.07) is 20.1. The van der Waals surface area contributed by atoms with Crippen molar-refractivity contribution in [1.29, 1.82) is 0 Å². The Morgan fingerprint density at radius 3 is 2.13 bits per heavy atom. The summed E-state index contributed by atoms with van der Waals surface area (Å²) in [6.07, 6.45) is 7.28. The quantitative estimate of drug-likeness (QED) is 0.0563. The molecular formula is C63H84Cl2F2N6O9. The van der Waals surface area contributed by atoms with Gasteiger partial charge in [-0.05, 0) is 175 Å². The lowest BCUT2D eigenvalue weighted by Gasteiger charge is -2.31. The van der Waals surface area contributed by atoms with E-state index in [-0.39, 0.29) is 86.0 Å². The van der Waals surface area contributed by atoms with Crippen molar-refractivity contribution in [3.8, 4) is 11.5 Å². The minimum Gasteiger partial charge on any atom is -0.490 e. The molecule has 0 unspecified atom stereocenters. The van der Waals surface area contributed by atoms with Gasteiger partial charge in [0.25, 0.3) is 0 Å². The number of nitrogens with zero attached hydrogens (tertiary/aromatic N) is 2. The number of carboxylic acids is 1. The number of hydrogen-bond donors (Lipinski definition) is 5. The average molecular weight is 1180 g/mol. The minimum absolute atomic E-state index is 0. The number of nitrogens with two attached hydrogens (primary N) is 1. The maximum absolute atomic E-state index is 14.1. The van der Waals surface area contributed by atoms with Crippen LogP contribution < -0.4 is 31.2 Å². The monoisotopic (exact) mass is 1180 g/mol. The fourth-order valence-electron chi connectivity index (χ4n) is 9.96. The second kappa shape index (κ2) is 32.1. The summed E-state index contributed by atoms with van der Waals surface area (Å²) in [5, 5.41) is 20.0. The molecule has 15 nitrogen and oxygen atoms in total. The molecule has 0 spiro atoms. The predicted molar refractivity (Wildman–Crippen MR) is 316 cm³/mol. The summed E-state index contributed by atoms with van der Waals surface area (Å²) < 4.78 is 40.2. The van der Waals surface area contributed by atoms with Gasteiger partial charge in [0.05, 0.1) is 24.1 Å². The zero-order valence-corrected chi connectivity index (χ0v) is 48.9. The Labute approximate surface area is 492 Å². The minimum atomic E-state index is -1.05. The van der Waals surface area contributed by atoms with Crippen molar-refractivity contribution >= 4 is 58.6 Å². The van der Waals surface area contributed by atoms with Gasteiger partial charge in [-0.1, -0.05) is 67.0 Å². The Balaban J connectivity index is 0.000000297. The maximum Gasteiger partial charge on any atom is 0.307 e. The molecule has 0 saturated heterocycles. The predicted octanol–water partition coefficient (Wildman–Crippen LogP) is 9.58. The first-order chi connectivity index (χ1) is 38.6. The number of halogens is 4. The Morgan fingerprint density at radius 2 is 1.51 bits per heavy atom. The topological polar surface area (TPSA) is 210 Å². The fourth-order valence-corrected chi connectivity index (χ4v) is 10.2. The number of likely N-dealkylation sites (N-methyl/N-ethyl adjacent to an activating group) is 2. The van der Waals surface area contributed by atoms with E-state index in [0.717, 1.165) is 54.4 Å². The van der Waals surface area contributed by atoms with Crippen molar-refractivity contribution < 1.29 is 52.1 Å². The SMILES string of the molecule is C.C[C@@H]1CN[C@@H](C2CC2)C(=O)N(C)[C@H](C)C(=O)N[C@H](Cc2ccc(Cl)cc2)C(=O)NCCCc2ccc(F)cc2O1.C[C@H](CC[C@H](C(=O)N(C)[C@H](C)C(=O)C[C@H](Cc1ccc(Cl)cc1)C(=O)O)C1CC1)Oc1cc(F)ccc1CCCN. The van der Waals surface area contributed by atoms with Crippen molar-refractivity contribution in [3.05, 3.63) is 129 Å². The zero-order valence-electron chi connectivity index (χ0n) is 47.4. The summed E-state index contributed by atoms with van der Waals surface area (Å²) in [7, 11) is 3.22. The molecule has 1 heterocycles. The summed E-state index contributed by atoms with van der Waals surface area (Å²) in [5.74, 6) is -2.90. The third-order valence-corrected chi connectivity index (χ3v) is 16.0. The van der Waals surface area contributed by atoms with E-state index in [2.05, 4.69) is 16.0 Å². The van der Waals surface area contributed by atoms with Crippen LogP contribution in [0.25, 0.3) is 0 Å². The van der Waals surface area contributed by atoms with Gasteiger partial charge in [-0.3, -0.25) is 28.8 Å².